The van der Waals surface area contributed by atoms with Gasteiger partial charge in [0.15, 0.2) is 0 Å². The Balaban J connectivity index is 2.66. The van der Waals surface area contributed by atoms with E-state index in [0.29, 0.717) is 11.3 Å². The molecule has 0 spiro atoms. The van der Waals surface area contributed by atoms with Crippen LogP contribution in [0.3, 0.4) is 0 Å². The quantitative estimate of drug-likeness (QED) is 0.644. The molecule has 0 aromatic rings. The summed E-state index contributed by atoms with van der Waals surface area (Å²) in [7, 11) is 0. The lowest BCUT2D eigenvalue weighted by atomic mass is 9.50. The molecule has 88 valence electrons. The van der Waals surface area contributed by atoms with E-state index in [1.807, 2.05) is 6.92 Å². The van der Waals surface area contributed by atoms with E-state index in [4.69, 9.17) is 5.41 Å². The molecule has 1 saturated carbocycles. The van der Waals surface area contributed by atoms with Gasteiger partial charge < -0.3 is 5.41 Å². The topological polar surface area (TPSA) is 23.9 Å². The fraction of sp³-hybridized carbons (Fsp3) is 0.929. The lowest BCUT2D eigenvalue weighted by molar-refractivity contribution is -0.0527. The Kier molecular flexibility index (Phi) is 3.97. The van der Waals surface area contributed by atoms with Crippen LogP contribution in [0.25, 0.3) is 0 Å². The van der Waals surface area contributed by atoms with E-state index in [2.05, 4.69) is 27.7 Å². The molecule has 1 aliphatic rings. The molecule has 0 aromatic carbocycles. The van der Waals surface area contributed by atoms with Gasteiger partial charge in [-0.3, -0.25) is 0 Å². The molecule has 3 unspecified atom stereocenters. The largest absolute Gasteiger partial charge is 0.310 e. The first-order valence-electron chi connectivity index (χ1n) is 6.48. The molecule has 1 N–H and O–H groups in total. The highest BCUT2D eigenvalue weighted by Gasteiger charge is 2.49. The summed E-state index contributed by atoms with van der Waals surface area (Å²) in [6, 6.07) is 0. The molecular formula is C14H27N. The van der Waals surface area contributed by atoms with E-state index >= 15 is 0 Å². The highest BCUT2D eigenvalue weighted by atomic mass is 14.5. The van der Waals surface area contributed by atoms with E-state index in [1.165, 1.54) is 19.3 Å². The molecule has 0 amide bonds. The molecule has 1 heteroatoms. The standard InChI is InChI=1S/C14H27N/c1-6-14(10(2)3)8-7-13(14)11(4)9-12(5)15/h10-11,13,15H,6-9H2,1-5H3. The maximum atomic E-state index is 7.61. The minimum atomic E-state index is 0.592. The molecule has 0 radical (unpaired) electrons. The molecular weight excluding hydrogens is 182 g/mol. The van der Waals surface area contributed by atoms with Crippen LogP contribution in [0.15, 0.2) is 0 Å². The number of hydrogen-bond acceptors (Lipinski definition) is 1. The van der Waals surface area contributed by atoms with Gasteiger partial charge >= 0.3 is 0 Å². The van der Waals surface area contributed by atoms with Gasteiger partial charge in [0, 0.05) is 5.71 Å². The summed E-state index contributed by atoms with van der Waals surface area (Å²) in [4.78, 5) is 0. The second kappa shape index (κ2) is 4.67. The van der Waals surface area contributed by atoms with Crippen LogP contribution in [0.4, 0.5) is 0 Å². The Morgan fingerprint density at radius 1 is 1.40 bits per heavy atom. The van der Waals surface area contributed by atoms with Crippen molar-refractivity contribution in [3.63, 3.8) is 0 Å². The normalized spacial score (nSPS) is 32.5. The number of hydrogen-bond donors (Lipinski definition) is 1. The van der Waals surface area contributed by atoms with Gasteiger partial charge in [-0.15, -0.1) is 0 Å². The van der Waals surface area contributed by atoms with Crippen molar-refractivity contribution in [3.05, 3.63) is 0 Å². The summed E-state index contributed by atoms with van der Waals surface area (Å²) >= 11 is 0. The molecule has 0 aliphatic heterocycles. The van der Waals surface area contributed by atoms with Gasteiger partial charge in [-0.25, -0.2) is 0 Å². The molecule has 0 bridgehead atoms. The van der Waals surface area contributed by atoms with Crippen LogP contribution in [0.1, 0.15) is 60.3 Å². The summed E-state index contributed by atoms with van der Waals surface area (Å²) in [6.45, 7) is 11.4. The maximum Gasteiger partial charge on any atom is 0.00609 e. The van der Waals surface area contributed by atoms with Crippen molar-refractivity contribution in [1.29, 1.82) is 5.41 Å². The molecule has 15 heavy (non-hydrogen) atoms. The monoisotopic (exact) mass is 209 g/mol. The van der Waals surface area contributed by atoms with Gasteiger partial charge in [0.1, 0.15) is 0 Å². The summed E-state index contributed by atoms with van der Waals surface area (Å²) < 4.78 is 0. The number of nitrogens with one attached hydrogen (secondary N) is 1. The van der Waals surface area contributed by atoms with E-state index in [-0.39, 0.29) is 0 Å². The second-order valence-corrected chi connectivity index (χ2v) is 5.85. The van der Waals surface area contributed by atoms with E-state index in [1.54, 1.807) is 0 Å². The van der Waals surface area contributed by atoms with Crippen LogP contribution < -0.4 is 0 Å². The van der Waals surface area contributed by atoms with Crippen LogP contribution in [-0.4, -0.2) is 5.71 Å². The minimum Gasteiger partial charge on any atom is -0.310 e. The highest BCUT2D eigenvalue weighted by molar-refractivity contribution is 5.78. The zero-order valence-electron chi connectivity index (χ0n) is 11.1. The molecule has 3 atom stereocenters. The summed E-state index contributed by atoms with van der Waals surface area (Å²) in [6.07, 6.45) is 5.11. The van der Waals surface area contributed by atoms with Gasteiger partial charge in [-0.2, -0.15) is 0 Å². The van der Waals surface area contributed by atoms with Crippen LogP contribution in [0.2, 0.25) is 0 Å². The maximum absolute atomic E-state index is 7.61. The van der Waals surface area contributed by atoms with E-state index in [0.717, 1.165) is 24.0 Å². The highest BCUT2D eigenvalue weighted by Crippen LogP contribution is 2.57. The third kappa shape index (κ3) is 2.26. The first kappa shape index (κ1) is 12.7. The predicted molar refractivity (Wildman–Crippen MR) is 67.5 cm³/mol. The fourth-order valence-corrected chi connectivity index (χ4v) is 3.72. The molecule has 1 rings (SSSR count). The SMILES string of the molecule is CCC1(C(C)C)CCC1C(C)CC(C)=N. The molecule has 0 heterocycles. The van der Waals surface area contributed by atoms with Crippen molar-refractivity contribution in [3.8, 4) is 0 Å². The lowest BCUT2D eigenvalue weighted by Gasteiger charge is -2.55. The molecule has 1 aliphatic carbocycles. The van der Waals surface area contributed by atoms with Gasteiger partial charge in [0.2, 0.25) is 0 Å². The first-order valence-corrected chi connectivity index (χ1v) is 6.48. The Bertz CT molecular complexity index is 227. The molecule has 1 fully saturated rings. The van der Waals surface area contributed by atoms with E-state index in [9.17, 15) is 0 Å². The third-order valence-corrected chi connectivity index (χ3v) is 4.78. The molecule has 0 saturated heterocycles. The van der Waals surface area contributed by atoms with Crippen LogP contribution in [0, 0.1) is 28.6 Å². The van der Waals surface area contributed by atoms with Gasteiger partial charge in [-0.05, 0) is 55.8 Å². The van der Waals surface area contributed by atoms with Crippen molar-refractivity contribution in [2.75, 3.05) is 0 Å². The van der Waals surface area contributed by atoms with E-state index < -0.39 is 0 Å². The predicted octanol–water partition coefficient (Wildman–Crippen LogP) is 4.51. The van der Waals surface area contributed by atoms with Gasteiger partial charge in [0.05, 0.1) is 0 Å². The van der Waals surface area contributed by atoms with Crippen LogP contribution >= 0.6 is 0 Å². The Morgan fingerprint density at radius 2 is 2.00 bits per heavy atom. The second-order valence-electron chi connectivity index (χ2n) is 5.85. The molecule has 0 aromatic heterocycles. The Labute approximate surface area is 95.2 Å². The summed E-state index contributed by atoms with van der Waals surface area (Å²) in [5, 5.41) is 7.61. The Morgan fingerprint density at radius 3 is 2.27 bits per heavy atom. The minimum absolute atomic E-state index is 0.592. The smallest absolute Gasteiger partial charge is 0.00609 e. The summed E-state index contributed by atoms with van der Waals surface area (Å²) in [5.41, 5.74) is 1.44. The summed E-state index contributed by atoms with van der Waals surface area (Å²) in [5.74, 6) is 2.37. The zero-order valence-corrected chi connectivity index (χ0v) is 11.1. The van der Waals surface area contributed by atoms with Gasteiger partial charge in [-0.1, -0.05) is 27.7 Å². The van der Waals surface area contributed by atoms with Crippen molar-refractivity contribution in [2.45, 2.75) is 60.3 Å². The fourth-order valence-electron chi connectivity index (χ4n) is 3.72. The average molecular weight is 209 g/mol. The third-order valence-electron chi connectivity index (χ3n) is 4.78. The number of rotatable bonds is 5. The van der Waals surface area contributed by atoms with Crippen molar-refractivity contribution in [2.24, 2.45) is 23.2 Å². The van der Waals surface area contributed by atoms with Crippen molar-refractivity contribution in [1.82, 2.24) is 0 Å². The zero-order chi connectivity index (χ0) is 11.6. The van der Waals surface area contributed by atoms with Crippen LogP contribution in [0.5, 0.6) is 0 Å². The van der Waals surface area contributed by atoms with Crippen LogP contribution in [-0.2, 0) is 0 Å². The first-order chi connectivity index (χ1) is 6.94. The Hall–Kier alpha value is -0.330. The average Bonchev–Trinajstić information content (AvgIpc) is 2.00. The molecule has 1 nitrogen and oxygen atoms in total. The lowest BCUT2D eigenvalue weighted by Crippen LogP contribution is -2.47. The van der Waals surface area contributed by atoms with Gasteiger partial charge in [0.25, 0.3) is 0 Å². The van der Waals surface area contributed by atoms with Crippen molar-refractivity contribution < 1.29 is 0 Å². The van der Waals surface area contributed by atoms with Crippen molar-refractivity contribution >= 4 is 5.71 Å².